The summed E-state index contributed by atoms with van der Waals surface area (Å²) in [6.45, 7) is 5.37. The molecule has 0 aromatic carbocycles. The molecule has 2 rings (SSSR count). The van der Waals surface area contributed by atoms with Crippen LogP contribution in [0.5, 0.6) is 0 Å². The van der Waals surface area contributed by atoms with Crippen molar-refractivity contribution in [3.8, 4) is 0 Å². The second-order valence-electron chi connectivity index (χ2n) is 5.90. The number of carbonyl (C=O) groups excluding carboxylic acids is 1. The van der Waals surface area contributed by atoms with E-state index in [1.165, 1.54) is 6.42 Å². The third-order valence-electron chi connectivity index (χ3n) is 4.39. The van der Waals surface area contributed by atoms with E-state index in [0.717, 1.165) is 19.4 Å². The van der Waals surface area contributed by atoms with Crippen LogP contribution < -0.4 is 10.6 Å². The summed E-state index contributed by atoms with van der Waals surface area (Å²) in [4.78, 5) is 11.9. The fraction of sp³-hybridized carbons (Fsp3) is 0.923. The first-order valence-corrected chi connectivity index (χ1v) is 6.59. The van der Waals surface area contributed by atoms with Crippen LogP contribution >= 0.6 is 12.4 Å². The maximum absolute atomic E-state index is 11.9. The zero-order chi connectivity index (χ0) is 12.5. The van der Waals surface area contributed by atoms with E-state index < -0.39 is 0 Å². The van der Waals surface area contributed by atoms with Crippen molar-refractivity contribution in [3.63, 3.8) is 0 Å². The predicted molar refractivity (Wildman–Crippen MR) is 74.0 cm³/mol. The van der Waals surface area contributed by atoms with Gasteiger partial charge in [0, 0.05) is 31.0 Å². The van der Waals surface area contributed by atoms with Crippen LogP contribution in [0.25, 0.3) is 0 Å². The minimum atomic E-state index is 0. The topological polar surface area (TPSA) is 50.4 Å². The Balaban J connectivity index is 0.00000162. The Morgan fingerprint density at radius 1 is 1.50 bits per heavy atom. The molecule has 1 aliphatic heterocycles. The molecule has 5 heteroatoms. The van der Waals surface area contributed by atoms with Crippen LogP contribution in [-0.4, -0.2) is 37.7 Å². The number of amides is 1. The SMILES string of the molecule is COC1CC(NC(=O)CC2CCCN2)C1(C)C.Cl. The maximum Gasteiger partial charge on any atom is 0.221 e. The molecule has 18 heavy (non-hydrogen) atoms. The van der Waals surface area contributed by atoms with Gasteiger partial charge in [0.1, 0.15) is 0 Å². The molecule has 2 N–H and O–H groups in total. The summed E-state index contributed by atoms with van der Waals surface area (Å²) in [5.41, 5.74) is 0.0630. The quantitative estimate of drug-likeness (QED) is 0.818. The molecule has 0 radical (unpaired) electrons. The van der Waals surface area contributed by atoms with Gasteiger partial charge in [0.25, 0.3) is 0 Å². The lowest BCUT2D eigenvalue weighted by Gasteiger charge is -2.51. The van der Waals surface area contributed by atoms with Gasteiger partial charge in [0.15, 0.2) is 0 Å². The van der Waals surface area contributed by atoms with Crippen molar-refractivity contribution in [2.24, 2.45) is 5.41 Å². The van der Waals surface area contributed by atoms with E-state index in [1.807, 2.05) is 0 Å². The highest BCUT2D eigenvalue weighted by Gasteiger charge is 2.49. The normalized spacial score (nSPS) is 33.4. The summed E-state index contributed by atoms with van der Waals surface area (Å²) in [7, 11) is 1.74. The summed E-state index contributed by atoms with van der Waals surface area (Å²) in [5.74, 6) is 0.178. The van der Waals surface area contributed by atoms with Gasteiger partial charge in [-0.05, 0) is 25.8 Å². The van der Waals surface area contributed by atoms with Crippen LogP contribution in [0, 0.1) is 5.41 Å². The Morgan fingerprint density at radius 3 is 2.72 bits per heavy atom. The third kappa shape index (κ3) is 3.16. The molecule has 106 valence electrons. The molecule has 4 nitrogen and oxygen atoms in total. The number of rotatable bonds is 4. The van der Waals surface area contributed by atoms with E-state index in [9.17, 15) is 4.79 Å². The molecule has 2 fully saturated rings. The fourth-order valence-electron chi connectivity index (χ4n) is 2.94. The average Bonchev–Trinajstić information content (AvgIpc) is 2.76. The number of nitrogens with one attached hydrogen (secondary N) is 2. The molecule has 1 saturated heterocycles. The summed E-state index contributed by atoms with van der Waals surface area (Å²) in [6.07, 6.45) is 4.15. The Bertz CT molecular complexity index is 291. The van der Waals surface area contributed by atoms with Crippen molar-refractivity contribution in [1.29, 1.82) is 0 Å². The number of halogens is 1. The van der Waals surface area contributed by atoms with Crippen LogP contribution in [0.4, 0.5) is 0 Å². The Hall–Kier alpha value is -0.320. The van der Waals surface area contributed by atoms with Crippen molar-refractivity contribution in [3.05, 3.63) is 0 Å². The van der Waals surface area contributed by atoms with Gasteiger partial charge in [0.05, 0.1) is 6.10 Å². The second kappa shape index (κ2) is 6.22. The monoisotopic (exact) mass is 276 g/mol. The smallest absolute Gasteiger partial charge is 0.221 e. The lowest BCUT2D eigenvalue weighted by atomic mass is 9.64. The highest BCUT2D eigenvalue weighted by Crippen LogP contribution is 2.42. The molecule has 0 bridgehead atoms. The second-order valence-corrected chi connectivity index (χ2v) is 5.90. The molecule has 3 atom stereocenters. The highest BCUT2D eigenvalue weighted by atomic mass is 35.5. The molecule has 0 aromatic heterocycles. The third-order valence-corrected chi connectivity index (χ3v) is 4.39. The van der Waals surface area contributed by atoms with Crippen molar-refractivity contribution in [1.82, 2.24) is 10.6 Å². The number of ether oxygens (including phenoxy) is 1. The zero-order valence-corrected chi connectivity index (χ0v) is 12.3. The molecule has 1 aliphatic carbocycles. The van der Waals surface area contributed by atoms with Crippen LogP contribution in [0.1, 0.15) is 39.5 Å². The van der Waals surface area contributed by atoms with Crippen LogP contribution in [0.15, 0.2) is 0 Å². The standard InChI is InChI=1S/C13H24N2O2.ClH/c1-13(2)10(8-11(13)17-3)15-12(16)7-9-5-4-6-14-9;/h9-11,14H,4-8H2,1-3H3,(H,15,16);1H. The number of methoxy groups -OCH3 is 1. The molecular weight excluding hydrogens is 252 g/mol. The van der Waals surface area contributed by atoms with E-state index in [-0.39, 0.29) is 35.9 Å². The lowest BCUT2D eigenvalue weighted by Crippen LogP contribution is -2.62. The van der Waals surface area contributed by atoms with E-state index in [0.29, 0.717) is 12.5 Å². The van der Waals surface area contributed by atoms with E-state index in [2.05, 4.69) is 24.5 Å². The Labute approximate surface area is 116 Å². The predicted octanol–water partition coefficient (Wildman–Crippen LogP) is 1.48. The van der Waals surface area contributed by atoms with Crippen molar-refractivity contribution >= 4 is 18.3 Å². The number of hydrogen-bond acceptors (Lipinski definition) is 3. The van der Waals surface area contributed by atoms with Gasteiger partial charge in [-0.25, -0.2) is 0 Å². The molecule has 2 aliphatic rings. The molecule has 1 saturated carbocycles. The van der Waals surface area contributed by atoms with E-state index >= 15 is 0 Å². The maximum atomic E-state index is 11.9. The van der Waals surface area contributed by atoms with E-state index in [1.54, 1.807) is 7.11 Å². The summed E-state index contributed by atoms with van der Waals surface area (Å²) < 4.78 is 5.38. The van der Waals surface area contributed by atoms with Crippen LogP contribution in [0.2, 0.25) is 0 Å². The first kappa shape index (κ1) is 15.7. The van der Waals surface area contributed by atoms with Gasteiger partial charge >= 0.3 is 0 Å². The Morgan fingerprint density at radius 2 is 2.22 bits per heavy atom. The molecule has 0 spiro atoms. The molecule has 3 unspecified atom stereocenters. The minimum absolute atomic E-state index is 0. The summed E-state index contributed by atoms with van der Waals surface area (Å²) in [5, 5.41) is 6.49. The zero-order valence-electron chi connectivity index (χ0n) is 11.5. The molecular formula is C13H25ClN2O2. The van der Waals surface area contributed by atoms with Gasteiger partial charge in [-0.15, -0.1) is 12.4 Å². The summed E-state index contributed by atoms with van der Waals surface area (Å²) >= 11 is 0. The van der Waals surface area contributed by atoms with Gasteiger partial charge in [-0.3, -0.25) is 4.79 Å². The van der Waals surface area contributed by atoms with Gasteiger partial charge in [-0.1, -0.05) is 13.8 Å². The fourth-order valence-corrected chi connectivity index (χ4v) is 2.94. The van der Waals surface area contributed by atoms with Crippen molar-refractivity contribution in [2.45, 2.75) is 57.7 Å². The van der Waals surface area contributed by atoms with Gasteiger partial charge in [0.2, 0.25) is 5.91 Å². The first-order chi connectivity index (χ1) is 8.04. The minimum Gasteiger partial charge on any atom is -0.381 e. The Kier molecular flexibility index (Phi) is 5.44. The van der Waals surface area contributed by atoms with Crippen LogP contribution in [0.3, 0.4) is 0 Å². The number of hydrogen-bond donors (Lipinski definition) is 2. The average molecular weight is 277 g/mol. The summed E-state index contributed by atoms with van der Waals surface area (Å²) in [6, 6.07) is 0.651. The van der Waals surface area contributed by atoms with Crippen LogP contribution in [-0.2, 0) is 9.53 Å². The largest absolute Gasteiger partial charge is 0.381 e. The first-order valence-electron chi connectivity index (χ1n) is 6.59. The van der Waals surface area contributed by atoms with Crippen molar-refractivity contribution < 1.29 is 9.53 Å². The number of carbonyl (C=O) groups is 1. The van der Waals surface area contributed by atoms with Gasteiger partial charge < -0.3 is 15.4 Å². The molecule has 1 heterocycles. The van der Waals surface area contributed by atoms with E-state index in [4.69, 9.17) is 4.74 Å². The molecule has 0 aromatic rings. The highest BCUT2D eigenvalue weighted by molar-refractivity contribution is 5.85. The van der Waals surface area contributed by atoms with Crippen molar-refractivity contribution in [2.75, 3.05) is 13.7 Å². The lowest BCUT2D eigenvalue weighted by molar-refractivity contribution is -0.133. The molecule has 1 amide bonds. The van der Waals surface area contributed by atoms with Gasteiger partial charge in [-0.2, -0.15) is 0 Å².